The molecule has 0 heterocycles. The normalized spacial score (nSPS) is 14.0. The molecule has 2 rings (SSSR count). The molecule has 0 bridgehead atoms. The van der Waals surface area contributed by atoms with Gasteiger partial charge >= 0.3 is 6.09 Å². The summed E-state index contributed by atoms with van der Waals surface area (Å²) in [5.74, 6) is -0.638. The van der Waals surface area contributed by atoms with Crippen LogP contribution in [0.3, 0.4) is 0 Å². The van der Waals surface area contributed by atoms with Gasteiger partial charge in [0.1, 0.15) is 29.2 Å². The van der Waals surface area contributed by atoms with E-state index in [0.29, 0.717) is 17.9 Å². The molecule has 0 fully saturated rings. The number of carbonyl (C=O) groups excluding carboxylic acids is 3. The molecular weight excluding hydrogens is 534 g/mol. The van der Waals surface area contributed by atoms with E-state index in [2.05, 4.69) is 24.5 Å². The Morgan fingerprint density at radius 2 is 1.48 bits per heavy atom. The van der Waals surface area contributed by atoms with E-state index in [1.165, 1.54) is 23.1 Å². The third-order valence-corrected chi connectivity index (χ3v) is 6.51. The standard InChI is InChI=1S/C33H49N3O6/c1-21(2)14-15-22(3)36(28(29(39)35-32(4,5)6)25-12-10-11-13-27(25)38)30(40)26(34-31(41)42-33(7,8)9)20-23-16-18-24(37)19-17-23/h10-13,16-19,21-22,26,28,37-38H,14-15,20H2,1-9H3,(H,34,41)(H,35,39). The van der Waals surface area contributed by atoms with Crippen molar-refractivity contribution < 1.29 is 29.3 Å². The van der Waals surface area contributed by atoms with E-state index in [9.17, 15) is 24.6 Å². The van der Waals surface area contributed by atoms with Crippen LogP contribution in [0.15, 0.2) is 48.5 Å². The number of hydrogen-bond acceptors (Lipinski definition) is 6. The van der Waals surface area contributed by atoms with Gasteiger partial charge in [0.25, 0.3) is 0 Å². The summed E-state index contributed by atoms with van der Waals surface area (Å²) in [6, 6.07) is 10.1. The molecule has 0 aliphatic carbocycles. The summed E-state index contributed by atoms with van der Waals surface area (Å²) in [5.41, 5.74) is -0.443. The van der Waals surface area contributed by atoms with Gasteiger partial charge in [0.2, 0.25) is 11.8 Å². The number of carbonyl (C=O) groups is 3. The van der Waals surface area contributed by atoms with Gasteiger partial charge in [-0.3, -0.25) is 9.59 Å². The first-order valence-electron chi connectivity index (χ1n) is 14.6. The van der Waals surface area contributed by atoms with Gasteiger partial charge in [0, 0.05) is 23.6 Å². The van der Waals surface area contributed by atoms with E-state index in [-0.39, 0.29) is 23.5 Å². The average Bonchev–Trinajstić information content (AvgIpc) is 2.84. The number of phenols is 2. The fourth-order valence-corrected chi connectivity index (χ4v) is 4.58. The van der Waals surface area contributed by atoms with Crippen LogP contribution >= 0.6 is 0 Å². The molecule has 3 atom stereocenters. The maximum Gasteiger partial charge on any atom is 0.408 e. The number of ether oxygens (including phenoxy) is 1. The van der Waals surface area contributed by atoms with Crippen molar-refractivity contribution in [2.45, 2.75) is 111 Å². The van der Waals surface area contributed by atoms with E-state index >= 15 is 0 Å². The molecule has 232 valence electrons. The van der Waals surface area contributed by atoms with Gasteiger partial charge in [-0.2, -0.15) is 0 Å². The summed E-state index contributed by atoms with van der Waals surface area (Å²) in [6.45, 7) is 16.8. The van der Waals surface area contributed by atoms with Crippen LogP contribution in [0.2, 0.25) is 0 Å². The Kier molecular flexibility index (Phi) is 11.8. The fourth-order valence-electron chi connectivity index (χ4n) is 4.58. The number of hydrogen-bond donors (Lipinski definition) is 4. The van der Waals surface area contributed by atoms with Crippen LogP contribution < -0.4 is 10.6 Å². The molecule has 0 saturated carbocycles. The molecule has 0 aliphatic heterocycles. The largest absolute Gasteiger partial charge is 0.508 e. The average molecular weight is 584 g/mol. The lowest BCUT2D eigenvalue weighted by atomic mass is 9.95. The Morgan fingerprint density at radius 1 is 0.881 bits per heavy atom. The van der Waals surface area contributed by atoms with Crippen LogP contribution in [0.25, 0.3) is 0 Å². The third kappa shape index (κ3) is 10.9. The number of nitrogens with zero attached hydrogens (tertiary/aromatic N) is 1. The zero-order valence-corrected chi connectivity index (χ0v) is 26.5. The molecule has 4 N–H and O–H groups in total. The van der Waals surface area contributed by atoms with E-state index in [1.54, 1.807) is 51.1 Å². The Hall–Kier alpha value is -3.75. The second-order valence-corrected chi connectivity index (χ2v) is 13.3. The quantitative estimate of drug-likeness (QED) is 0.263. The lowest BCUT2D eigenvalue weighted by Crippen LogP contribution is -2.57. The SMILES string of the molecule is CC(C)CCC(C)N(C(=O)C(Cc1ccc(O)cc1)NC(=O)OC(C)(C)C)C(C(=O)NC(C)(C)C)c1ccccc1O. The van der Waals surface area contributed by atoms with Crippen LogP contribution in [-0.2, 0) is 20.7 Å². The second-order valence-electron chi connectivity index (χ2n) is 13.3. The number of para-hydroxylation sites is 1. The maximum absolute atomic E-state index is 14.6. The van der Waals surface area contributed by atoms with Crippen molar-refractivity contribution in [2.24, 2.45) is 5.92 Å². The Balaban J connectivity index is 2.69. The van der Waals surface area contributed by atoms with Crippen molar-refractivity contribution in [1.82, 2.24) is 15.5 Å². The van der Waals surface area contributed by atoms with Gasteiger partial charge < -0.3 is 30.5 Å². The Bertz CT molecular complexity index is 1200. The van der Waals surface area contributed by atoms with E-state index in [1.807, 2.05) is 27.7 Å². The topological polar surface area (TPSA) is 128 Å². The molecule has 2 aromatic carbocycles. The lowest BCUT2D eigenvalue weighted by molar-refractivity contribution is -0.145. The minimum atomic E-state index is -1.18. The van der Waals surface area contributed by atoms with Crippen molar-refractivity contribution >= 4 is 17.9 Å². The van der Waals surface area contributed by atoms with Crippen LogP contribution in [-0.4, -0.2) is 56.2 Å². The molecular formula is C33H49N3O6. The predicted molar refractivity (Wildman–Crippen MR) is 164 cm³/mol. The number of alkyl carbamates (subject to hydrolysis) is 1. The van der Waals surface area contributed by atoms with Crippen molar-refractivity contribution in [1.29, 1.82) is 0 Å². The van der Waals surface area contributed by atoms with Gasteiger partial charge in [0.05, 0.1) is 0 Å². The molecule has 2 aromatic rings. The number of aromatic hydroxyl groups is 2. The lowest BCUT2D eigenvalue weighted by Gasteiger charge is -2.40. The summed E-state index contributed by atoms with van der Waals surface area (Å²) in [7, 11) is 0. The molecule has 9 nitrogen and oxygen atoms in total. The minimum Gasteiger partial charge on any atom is -0.508 e. The molecule has 0 aliphatic rings. The van der Waals surface area contributed by atoms with Crippen molar-refractivity contribution in [3.05, 3.63) is 59.7 Å². The summed E-state index contributed by atoms with van der Waals surface area (Å²) >= 11 is 0. The molecule has 0 spiro atoms. The summed E-state index contributed by atoms with van der Waals surface area (Å²) in [6.07, 6.45) is 0.698. The first-order chi connectivity index (χ1) is 19.4. The van der Waals surface area contributed by atoms with E-state index in [4.69, 9.17) is 4.74 Å². The van der Waals surface area contributed by atoms with Crippen LogP contribution in [0.1, 0.15) is 92.3 Å². The maximum atomic E-state index is 14.6. The van der Waals surface area contributed by atoms with Gasteiger partial charge in [-0.05, 0) is 91.0 Å². The first-order valence-corrected chi connectivity index (χ1v) is 14.6. The molecule has 3 amide bonds. The molecule has 3 unspecified atom stereocenters. The zero-order valence-electron chi connectivity index (χ0n) is 26.5. The summed E-state index contributed by atoms with van der Waals surface area (Å²) < 4.78 is 5.49. The minimum absolute atomic E-state index is 0.0733. The predicted octanol–water partition coefficient (Wildman–Crippen LogP) is 5.84. The number of benzene rings is 2. The van der Waals surface area contributed by atoms with Crippen LogP contribution in [0.4, 0.5) is 4.79 Å². The van der Waals surface area contributed by atoms with Crippen molar-refractivity contribution in [3.8, 4) is 11.5 Å². The van der Waals surface area contributed by atoms with Crippen molar-refractivity contribution in [2.75, 3.05) is 0 Å². The number of phenolic OH excluding ortho intramolecular Hbond substituents is 2. The van der Waals surface area contributed by atoms with Gasteiger partial charge in [0.15, 0.2) is 0 Å². The molecule has 42 heavy (non-hydrogen) atoms. The van der Waals surface area contributed by atoms with Crippen LogP contribution in [0, 0.1) is 5.92 Å². The highest BCUT2D eigenvalue weighted by molar-refractivity contribution is 5.93. The molecule has 0 aromatic heterocycles. The summed E-state index contributed by atoms with van der Waals surface area (Å²) in [5, 5.41) is 26.4. The number of nitrogens with one attached hydrogen (secondary N) is 2. The fraction of sp³-hybridized carbons (Fsp3) is 0.545. The van der Waals surface area contributed by atoms with Gasteiger partial charge in [-0.25, -0.2) is 4.79 Å². The highest BCUT2D eigenvalue weighted by atomic mass is 16.6. The number of amides is 3. The highest BCUT2D eigenvalue weighted by Crippen LogP contribution is 2.33. The zero-order chi connectivity index (χ0) is 31.8. The van der Waals surface area contributed by atoms with Gasteiger partial charge in [-0.15, -0.1) is 0 Å². The third-order valence-electron chi connectivity index (χ3n) is 6.51. The summed E-state index contributed by atoms with van der Waals surface area (Å²) in [4.78, 5) is 43.1. The Labute approximate surface area is 250 Å². The van der Waals surface area contributed by atoms with Crippen molar-refractivity contribution in [3.63, 3.8) is 0 Å². The van der Waals surface area contributed by atoms with E-state index < -0.39 is 47.2 Å². The second kappa shape index (κ2) is 14.4. The Morgan fingerprint density at radius 3 is 2.00 bits per heavy atom. The molecule has 0 radical (unpaired) electrons. The highest BCUT2D eigenvalue weighted by Gasteiger charge is 2.40. The number of rotatable bonds is 11. The molecule has 9 heteroatoms. The smallest absolute Gasteiger partial charge is 0.408 e. The molecule has 0 saturated heterocycles. The first kappa shape index (κ1) is 34.5. The monoisotopic (exact) mass is 583 g/mol. The van der Waals surface area contributed by atoms with E-state index in [0.717, 1.165) is 6.42 Å². The van der Waals surface area contributed by atoms with Gasteiger partial charge in [-0.1, -0.05) is 44.2 Å². The van der Waals surface area contributed by atoms with Crippen LogP contribution in [0.5, 0.6) is 11.5 Å².